The van der Waals surface area contributed by atoms with Crippen LogP contribution in [0.5, 0.6) is 11.5 Å². The minimum absolute atomic E-state index is 0.0444. The number of carboxylic acid groups (broad SMARTS) is 1. The van der Waals surface area contributed by atoms with Crippen LogP contribution in [-0.4, -0.2) is 16.1 Å². The molecule has 104 valence electrons. The molecule has 0 bridgehead atoms. The zero-order valence-electron chi connectivity index (χ0n) is 10.8. The van der Waals surface area contributed by atoms with Crippen LogP contribution in [0.1, 0.15) is 10.4 Å². The van der Waals surface area contributed by atoms with E-state index in [0.29, 0.717) is 5.75 Å². The molecule has 21 heavy (non-hydrogen) atoms. The average Bonchev–Trinajstić information content (AvgIpc) is 2.49. The Morgan fingerprint density at radius 3 is 2.71 bits per heavy atom. The van der Waals surface area contributed by atoms with E-state index in [2.05, 4.69) is 4.98 Å². The summed E-state index contributed by atoms with van der Waals surface area (Å²) in [6, 6.07) is 12.7. The fourth-order valence-electron chi connectivity index (χ4n) is 1.95. The third-order valence-electron chi connectivity index (χ3n) is 2.97. The van der Waals surface area contributed by atoms with Crippen molar-refractivity contribution in [1.82, 2.24) is 4.98 Å². The smallest absolute Gasteiger partial charge is 0.335 e. The Morgan fingerprint density at radius 1 is 1.14 bits per heavy atom. The van der Waals surface area contributed by atoms with Crippen LogP contribution >= 0.6 is 0 Å². The van der Waals surface area contributed by atoms with Crippen molar-refractivity contribution in [2.75, 3.05) is 0 Å². The minimum Gasteiger partial charge on any atom is -0.478 e. The number of carbonyl (C=O) groups is 1. The first-order valence-electron chi connectivity index (χ1n) is 6.19. The zero-order valence-corrected chi connectivity index (χ0v) is 10.8. The van der Waals surface area contributed by atoms with Crippen molar-refractivity contribution >= 4 is 16.9 Å². The molecular weight excluding hydrogens is 273 g/mol. The highest BCUT2D eigenvalue weighted by molar-refractivity contribution is 5.87. The number of ether oxygens (including phenoxy) is 1. The molecule has 1 heterocycles. The van der Waals surface area contributed by atoms with Crippen molar-refractivity contribution < 1.29 is 19.0 Å². The normalized spacial score (nSPS) is 10.5. The van der Waals surface area contributed by atoms with Crippen molar-refractivity contribution in [1.29, 1.82) is 0 Å². The van der Waals surface area contributed by atoms with E-state index in [9.17, 15) is 9.18 Å². The molecule has 0 unspecified atom stereocenters. The minimum atomic E-state index is -1.19. The van der Waals surface area contributed by atoms with Gasteiger partial charge in [0.15, 0.2) is 11.6 Å². The van der Waals surface area contributed by atoms with Crippen molar-refractivity contribution in [2.24, 2.45) is 0 Å². The van der Waals surface area contributed by atoms with Crippen LogP contribution in [0.25, 0.3) is 10.9 Å². The monoisotopic (exact) mass is 283 g/mol. The molecule has 0 aliphatic carbocycles. The molecule has 0 saturated heterocycles. The summed E-state index contributed by atoms with van der Waals surface area (Å²) in [4.78, 5) is 15.0. The van der Waals surface area contributed by atoms with E-state index in [1.165, 1.54) is 18.3 Å². The summed E-state index contributed by atoms with van der Waals surface area (Å²) in [7, 11) is 0. The molecule has 0 spiro atoms. The molecule has 0 radical (unpaired) electrons. The van der Waals surface area contributed by atoms with Crippen molar-refractivity contribution in [3.05, 3.63) is 66.1 Å². The number of benzene rings is 2. The van der Waals surface area contributed by atoms with Gasteiger partial charge in [0.05, 0.1) is 17.3 Å². The van der Waals surface area contributed by atoms with E-state index >= 15 is 0 Å². The van der Waals surface area contributed by atoms with Crippen molar-refractivity contribution in [2.45, 2.75) is 0 Å². The highest BCUT2D eigenvalue weighted by Crippen LogP contribution is 2.26. The molecule has 0 aliphatic rings. The molecule has 1 aromatic heterocycles. The van der Waals surface area contributed by atoms with E-state index in [1.54, 1.807) is 6.07 Å². The molecular formula is C16H10FNO3. The molecule has 0 atom stereocenters. The van der Waals surface area contributed by atoms with Crippen LogP contribution in [0.4, 0.5) is 4.39 Å². The first-order valence-corrected chi connectivity index (χ1v) is 6.19. The number of aromatic nitrogens is 1. The molecule has 0 saturated carbocycles. The zero-order chi connectivity index (χ0) is 14.8. The standard InChI is InChI=1S/C16H10FNO3/c17-13-8-11(16(19)20)5-6-15(13)21-12-7-10-3-1-2-4-14(10)18-9-12/h1-9H,(H,19,20). The predicted octanol–water partition coefficient (Wildman–Crippen LogP) is 3.86. The number of fused-ring (bicyclic) bond motifs is 1. The lowest BCUT2D eigenvalue weighted by Crippen LogP contribution is -1.98. The maximum Gasteiger partial charge on any atom is 0.335 e. The maximum absolute atomic E-state index is 13.8. The molecule has 4 nitrogen and oxygen atoms in total. The van der Waals surface area contributed by atoms with Gasteiger partial charge >= 0.3 is 5.97 Å². The van der Waals surface area contributed by atoms with Crippen LogP contribution in [0, 0.1) is 5.82 Å². The highest BCUT2D eigenvalue weighted by atomic mass is 19.1. The molecule has 0 fully saturated rings. The second-order valence-corrected chi connectivity index (χ2v) is 4.42. The Balaban J connectivity index is 1.93. The fourth-order valence-corrected chi connectivity index (χ4v) is 1.95. The topological polar surface area (TPSA) is 59.4 Å². The molecule has 0 amide bonds. The van der Waals surface area contributed by atoms with Gasteiger partial charge in [0.1, 0.15) is 5.75 Å². The molecule has 3 aromatic rings. The number of rotatable bonds is 3. The second-order valence-electron chi connectivity index (χ2n) is 4.42. The van der Waals surface area contributed by atoms with Crippen LogP contribution in [0.2, 0.25) is 0 Å². The average molecular weight is 283 g/mol. The number of nitrogens with zero attached hydrogens (tertiary/aromatic N) is 1. The van der Waals surface area contributed by atoms with Gasteiger partial charge in [-0.1, -0.05) is 18.2 Å². The summed E-state index contributed by atoms with van der Waals surface area (Å²) >= 11 is 0. The van der Waals surface area contributed by atoms with E-state index in [1.807, 2.05) is 24.3 Å². The number of hydrogen-bond acceptors (Lipinski definition) is 3. The van der Waals surface area contributed by atoms with Gasteiger partial charge in [-0.3, -0.25) is 4.98 Å². The van der Waals surface area contributed by atoms with Gasteiger partial charge in [0.2, 0.25) is 0 Å². The molecule has 3 rings (SSSR count). The Labute approximate surface area is 119 Å². The number of pyridine rings is 1. The Hall–Kier alpha value is -2.95. The fraction of sp³-hybridized carbons (Fsp3) is 0. The third kappa shape index (κ3) is 2.67. The quantitative estimate of drug-likeness (QED) is 0.792. The van der Waals surface area contributed by atoms with E-state index < -0.39 is 11.8 Å². The number of para-hydroxylation sites is 1. The summed E-state index contributed by atoms with van der Waals surface area (Å²) in [5, 5.41) is 9.66. The Morgan fingerprint density at radius 2 is 1.95 bits per heavy atom. The van der Waals surface area contributed by atoms with Gasteiger partial charge in [-0.15, -0.1) is 0 Å². The third-order valence-corrected chi connectivity index (χ3v) is 2.97. The summed E-state index contributed by atoms with van der Waals surface area (Å²) in [5.41, 5.74) is 0.683. The number of carboxylic acids is 1. The largest absolute Gasteiger partial charge is 0.478 e. The van der Waals surface area contributed by atoms with Gasteiger partial charge in [-0.2, -0.15) is 0 Å². The highest BCUT2D eigenvalue weighted by Gasteiger charge is 2.10. The Bertz CT molecular complexity index is 833. The van der Waals surface area contributed by atoms with Crippen molar-refractivity contribution in [3.8, 4) is 11.5 Å². The summed E-state index contributed by atoms with van der Waals surface area (Å²) in [6.07, 6.45) is 1.49. The number of halogens is 1. The van der Waals surface area contributed by atoms with Gasteiger partial charge in [-0.05, 0) is 30.3 Å². The lowest BCUT2D eigenvalue weighted by molar-refractivity contribution is 0.0696. The Kier molecular flexibility index (Phi) is 3.23. The van der Waals surface area contributed by atoms with Gasteiger partial charge in [-0.25, -0.2) is 9.18 Å². The lowest BCUT2D eigenvalue weighted by Gasteiger charge is -2.08. The molecule has 2 aromatic carbocycles. The first kappa shape index (κ1) is 13.1. The van der Waals surface area contributed by atoms with E-state index in [0.717, 1.165) is 17.0 Å². The van der Waals surface area contributed by atoms with Crippen LogP contribution in [0.15, 0.2) is 54.7 Å². The maximum atomic E-state index is 13.8. The number of aromatic carboxylic acids is 1. The van der Waals surface area contributed by atoms with Crippen LogP contribution < -0.4 is 4.74 Å². The van der Waals surface area contributed by atoms with Gasteiger partial charge in [0.25, 0.3) is 0 Å². The SMILES string of the molecule is O=C(O)c1ccc(Oc2cnc3ccccc3c2)c(F)c1. The number of hydrogen-bond donors (Lipinski definition) is 1. The van der Waals surface area contributed by atoms with Crippen LogP contribution in [0.3, 0.4) is 0 Å². The van der Waals surface area contributed by atoms with E-state index in [-0.39, 0.29) is 11.3 Å². The molecule has 1 N–H and O–H groups in total. The first-order chi connectivity index (χ1) is 10.1. The second kappa shape index (κ2) is 5.20. The lowest BCUT2D eigenvalue weighted by atomic mass is 10.2. The predicted molar refractivity (Wildman–Crippen MR) is 75.2 cm³/mol. The van der Waals surface area contributed by atoms with Crippen LogP contribution in [-0.2, 0) is 0 Å². The summed E-state index contributed by atoms with van der Waals surface area (Å²) < 4.78 is 19.2. The summed E-state index contributed by atoms with van der Waals surface area (Å²) in [5.74, 6) is -1.58. The van der Waals surface area contributed by atoms with Gasteiger partial charge in [0, 0.05) is 5.39 Å². The summed E-state index contributed by atoms with van der Waals surface area (Å²) in [6.45, 7) is 0. The van der Waals surface area contributed by atoms with E-state index in [4.69, 9.17) is 9.84 Å². The van der Waals surface area contributed by atoms with Crippen molar-refractivity contribution in [3.63, 3.8) is 0 Å². The molecule has 0 aliphatic heterocycles. The van der Waals surface area contributed by atoms with Gasteiger partial charge < -0.3 is 9.84 Å². The molecule has 5 heteroatoms.